The third kappa shape index (κ3) is 4.53. The molecular weight excluding hydrogens is 224 g/mol. The molecule has 3 nitrogen and oxygen atoms in total. The van der Waals surface area contributed by atoms with E-state index in [1.807, 2.05) is 37.5 Å². The lowest BCUT2D eigenvalue weighted by molar-refractivity contribution is 0.346. The van der Waals surface area contributed by atoms with Crippen LogP contribution in [-0.4, -0.2) is 13.7 Å². The van der Waals surface area contributed by atoms with E-state index in [4.69, 9.17) is 10.5 Å². The molecule has 98 valence electrons. The highest BCUT2D eigenvalue weighted by molar-refractivity contribution is 5.61. The summed E-state index contributed by atoms with van der Waals surface area (Å²) >= 11 is 0. The molecule has 1 rings (SSSR count). The third-order valence-corrected chi connectivity index (χ3v) is 2.55. The van der Waals surface area contributed by atoms with Crippen LogP contribution in [0.5, 0.6) is 5.75 Å². The summed E-state index contributed by atoms with van der Waals surface area (Å²) < 4.78 is 5.76. The quantitative estimate of drug-likeness (QED) is 0.777. The smallest absolute Gasteiger partial charge is 0.120 e. The van der Waals surface area contributed by atoms with Crippen molar-refractivity contribution in [1.82, 2.24) is 5.32 Å². The topological polar surface area (TPSA) is 47.3 Å². The molecule has 3 N–H and O–H groups in total. The van der Waals surface area contributed by atoms with Crippen LogP contribution in [-0.2, 0) is 0 Å². The summed E-state index contributed by atoms with van der Waals surface area (Å²) in [5.41, 5.74) is 8.37. The van der Waals surface area contributed by atoms with Crippen LogP contribution in [0.1, 0.15) is 25.3 Å². The maximum atomic E-state index is 5.76. The Kier molecular flexibility index (Phi) is 5.85. The van der Waals surface area contributed by atoms with Gasteiger partial charge in [-0.2, -0.15) is 0 Å². The molecule has 0 saturated heterocycles. The Balaban J connectivity index is 2.64. The van der Waals surface area contributed by atoms with E-state index in [1.165, 1.54) is 5.57 Å². The lowest BCUT2D eigenvalue weighted by Crippen LogP contribution is -2.06. The Morgan fingerprint density at radius 3 is 2.89 bits per heavy atom. The van der Waals surface area contributed by atoms with Crippen molar-refractivity contribution in [3.8, 4) is 5.75 Å². The molecule has 3 heteroatoms. The Labute approximate surface area is 109 Å². The first-order valence-electron chi connectivity index (χ1n) is 6.20. The number of nitrogens with one attached hydrogen (secondary N) is 1. The van der Waals surface area contributed by atoms with Gasteiger partial charge in [0.1, 0.15) is 12.4 Å². The van der Waals surface area contributed by atoms with Gasteiger partial charge < -0.3 is 15.8 Å². The van der Waals surface area contributed by atoms with Crippen LogP contribution in [0, 0.1) is 0 Å². The lowest BCUT2D eigenvalue weighted by atomic mass is 10.1. The van der Waals surface area contributed by atoms with Gasteiger partial charge in [-0.3, -0.25) is 0 Å². The Morgan fingerprint density at radius 1 is 1.50 bits per heavy atom. The van der Waals surface area contributed by atoms with E-state index >= 15 is 0 Å². The summed E-state index contributed by atoms with van der Waals surface area (Å²) in [7, 11) is 1.90. The molecular formula is C15H22N2O. The van der Waals surface area contributed by atoms with E-state index in [0.717, 1.165) is 24.2 Å². The molecule has 0 atom stereocenters. The number of rotatable bonds is 7. The first kappa shape index (κ1) is 14.2. The SMILES string of the molecule is C=C(N)c1cccc(OC/C(=C/NC)CCC)c1. The molecule has 0 fully saturated rings. The second-order valence-electron chi connectivity index (χ2n) is 4.18. The summed E-state index contributed by atoms with van der Waals surface area (Å²) in [6.07, 6.45) is 4.13. The highest BCUT2D eigenvalue weighted by Gasteiger charge is 2.00. The minimum atomic E-state index is 0.556. The minimum absolute atomic E-state index is 0.556. The van der Waals surface area contributed by atoms with Crippen LogP contribution in [0.25, 0.3) is 5.70 Å². The van der Waals surface area contributed by atoms with Gasteiger partial charge in [0.05, 0.1) is 0 Å². The maximum Gasteiger partial charge on any atom is 0.120 e. The molecule has 0 aliphatic heterocycles. The Morgan fingerprint density at radius 2 is 2.28 bits per heavy atom. The molecule has 0 aliphatic rings. The predicted molar refractivity (Wildman–Crippen MR) is 77.2 cm³/mol. The van der Waals surface area contributed by atoms with Crippen molar-refractivity contribution in [2.24, 2.45) is 5.73 Å². The van der Waals surface area contributed by atoms with Gasteiger partial charge in [0.2, 0.25) is 0 Å². The second-order valence-corrected chi connectivity index (χ2v) is 4.18. The molecule has 0 spiro atoms. The summed E-state index contributed by atoms with van der Waals surface area (Å²) in [6.45, 7) is 6.47. The van der Waals surface area contributed by atoms with Gasteiger partial charge in [0, 0.05) is 18.3 Å². The van der Waals surface area contributed by atoms with E-state index in [1.54, 1.807) is 0 Å². The standard InChI is InChI=1S/C15H22N2O/c1-4-6-13(10-17-3)11-18-15-8-5-7-14(9-15)12(2)16/h5,7-10,17H,2,4,6,11,16H2,1,3H3/b13-10+. The van der Waals surface area contributed by atoms with Crippen molar-refractivity contribution in [2.75, 3.05) is 13.7 Å². The second kappa shape index (κ2) is 7.43. The van der Waals surface area contributed by atoms with Crippen LogP contribution in [0.4, 0.5) is 0 Å². The molecule has 0 aliphatic carbocycles. The highest BCUT2D eigenvalue weighted by Crippen LogP contribution is 2.17. The van der Waals surface area contributed by atoms with Gasteiger partial charge in [0.15, 0.2) is 0 Å². The van der Waals surface area contributed by atoms with Crippen molar-refractivity contribution in [1.29, 1.82) is 0 Å². The van der Waals surface area contributed by atoms with Crippen molar-refractivity contribution in [3.63, 3.8) is 0 Å². The fourth-order valence-electron chi connectivity index (χ4n) is 1.67. The van der Waals surface area contributed by atoms with Crippen LogP contribution in [0.2, 0.25) is 0 Å². The summed E-state index contributed by atoms with van der Waals surface area (Å²) in [4.78, 5) is 0. The number of benzene rings is 1. The third-order valence-electron chi connectivity index (χ3n) is 2.55. The average Bonchev–Trinajstić information content (AvgIpc) is 2.37. The van der Waals surface area contributed by atoms with E-state index in [9.17, 15) is 0 Å². The monoisotopic (exact) mass is 246 g/mol. The van der Waals surface area contributed by atoms with Gasteiger partial charge in [-0.05, 0) is 30.3 Å². The van der Waals surface area contributed by atoms with Crippen LogP contribution >= 0.6 is 0 Å². The van der Waals surface area contributed by atoms with Gasteiger partial charge in [-0.1, -0.05) is 32.1 Å². The first-order valence-corrected chi connectivity index (χ1v) is 6.20. The lowest BCUT2D eigenvalue weighted by Gasteiger charge is -2.10. The molecule has 0 unspecified atom stereocenters. The van der Waals surface area contributed by atoms with E-state index in [-0.39, 0.29) is 0 Å². The molecule has 1 aromatic carbocycles. The largest absolute Gasteiger partial charge is 0.489 e. The molecule has 0 saturated carbocycles. The van der Waals surface area contributed by atoms with Crippen LogP contribution < -0.4 is 15.8 Å². The van der Waals surface area contributed by atoms with E-state index in [0.29, 0.717) is 12.3 Å². The molecule has 0 bridgehead atoms. The zero-order valence-corrected chi connectivity index (χ0v) is 11.2. The number of hydrogen-bond acceptors (Lipinski definition) is 3. The van der Waals surface area contributed by atoms with E-state index in [2.05, 4.69) is 18.8 Å². The summed E-state index contributed by atoms with van der Waals surface area (Å²) in [5.74, 6) is 0.817. The first-order chi connectivity index (χ1) is 8.67. The molecule has 0 radical (unpaired) electrons. The van der Waals surface area contributed by atoms with Crippen molar-refractivity contribution < 1.29 is 4.74 Å². The van der Waals surface area contributed by atoms with Gasteiger partial charge in [0.25, 0.3) is 0 Å². The Hall–Kier alpha value is -1.90. The number of hydrogen-bond donors (Lipinski definition) is 2. The molecule has 18 heavy (non-hydrogen) atoms. The maximum absolute atomic E-state index is 5.76. The van der Waals surface area contributed by atoms with Gasteiger partial charge >= 0.3 is 0 Å². The zero-order chi connectivity index (χ0) is 13.4. The van der Waals surface area contributed by atoms with E-state index < -0.39 is 0 Å². The molecule has 0 heterocycles. The van der Waals surface area contributed by atoms with Gasteiger partial charge in [-0.15, -0.1) is 0 Å². The fourth-order valence-corrected chi connectivity index (χ4v) is 1.67. The van der Waals surface area contributed by atoms with Crippen LogP contribution in [0.15, 0.2) is 42.6 Å². The minimum Gasteiger partial charge on any atom is -0.489 e. The fraction of sp³-hybridized carbons (Fsp3) is 0.333. The molecule has 0 amide bonds. The molecule has 1 aromatic rings. The summed E-state index contributed by atoms with van der Waals surface area (Å²) in [6, 6.07) is 7.68. The molecule has 0 aromatic heterocycles. The van der Waals surface area contributed by atoms with Crippen LogP contribution in [0.3, 0.4) is 0 Å². The van der Waals surface area contributed by atoms with Gasteiger partial charge in [-0.25, -0.2) is 0 Å². The van der Waals surface area contributed by atoms with Crippen molar-refractivity contribution >= 4 is 5.70 Å². The summed E-state index contributed by atoms with van der Waals surface area (Å²) in [5, 5.41) is 3.04. The average molecular weight is 246 g/mol. The predicted octanol–water partition coefficient (Wildman–Crippen LogP) is 2.90. The Bertz CT molecular complexity index is 424. The van der Waals surface area contributed by atoms with Crippen molar-refractivity contribution in [2.45, 2.75) is 19.8 Å². The zero-order valence-electron chi connectivity index (χ0n) is 11.2. The number of nitrogens with two attached hydrogens (primary N) is 1. The number of ether oxygens (including phenoxy) is 1. The van der Waals surface area contributed by atoms with Crippen molar-refractivity contribution in [3.05, 3.63) is 48.2 Å². The highest BCUT2D eigenvalue weighted by atomic mass is 16.5. The normalized spacial score (nSPS) is 11.1.